The van der Waals surface area contributed by atoms with Crippen LogP contribution in [0.4, 0.5) is 16.2 Å². The first-order chi connectivity index (χ1) is 11.2. The van der Waals surface area contributed by atoms with Gasteiger partial charge in [0.05, 0.1) is 19.8 Å². The van der Waals surface area contributed by atoms with Crippen molar-refractivity contribution in [2.45, 2.75) is 0 Å². The van der Waals surface area contributed by atoms with Crippen molar-refractivity contribution in [3.8, 4) is 0 Å². The van der Waals surface area contributed by atoms with Crippen molar-refractivity contribution in [1.29, 1.82) is 0 Å². The molecule has 0 aliphatic rings. The summed E-state index contributed by atoms with van der Waals surface area (Å²) in [6.07, 6.45) is -0.621. The minimum absolute atomic E-state index is 0.361. The van der Waals surface area contributed by atoms with E-state index < -0.39 is 12.1 Å². The molecule has 0 radical (unpaired) electrons. The monoisotopic (exact) mass is 311 g/mol. The van der Waals surface area contributed by atoms with Crippen molar-refractivity contribution >= 4 is 29.4 Å². The molecule has 2 rings (SSSR count). The molecular weight excluding hydrogens is 296 g/mol. The summed E-state index contributed by atoms with van der Waals surface area (Å²) >= 11 is 0. The third-order valence-corrected chi connectivity index (χ3v) is 2.92. The molecule has 0 fully saturated rings. The average Bonchev–Trinajstić information content (AvgIpc) is 2.62. The number of esters is 1. The number of carbonyl (C=O) groups excluding carboxylic acids is 2. The molecule has 0 aliphatic carbocycles. The Balaban J connectivity index is 2.45. The van der Waals surface area contributed by atoms with Gasteiger partial charge in [-0.15, -0.1) is 0 Å². The highest BCUT2D eigenvalue weighted by molar-refractivity contribution is 5.90. The van der Waals surface area contributed by atoms with Crippen LogP contribution in [0.25, 0.3) is 0 Å². The summed E-state index contributed by atoms with van der Waals surface area (Å²) in [5, 5.41) is 0. The van der Waals surface area contributed by atoms with Crippen LogP contribution in [0.5, 0.6) is 0 Å². The van der Waals surface area contributed by atoms with E-state index in [2.05, 4.69) is 15.7 Å². The summed E-state index contributed by atoms with van der Waals surface area (Å²) in [5.41, 5.74) is 1.38. The first-order valence-electron chi connectivity index (χ1n) is 6.73. The maximum atomic E-state index is 11.9. The van der Waals surface area contributed by atoms with E-state index in [1.807, 2.05) is 6.07 Å². The van der Waals surface area contributed by atoms with E-state index in [-0.39, 0.29) is 0 Å². The standard InChI is InChI=1S/C17H15N2O4/c1-22-16(20)13-7-6-8-14(11-13)18-12-19(17(21)23-2)15-9-4-3-5-10-15/h3-11H,1-2H3/q+1. The topological polar surface area (TPSA) is 68.0 Å². The zero-order valence-corrected chi connectivity index (χ0v) is 12.7. The van der Waals surface area contributed by atoms with Crippen LogP contribution in [0, 0.1) is 0 Å². The summed E-state index contributed by atoms with van der Waals surface area (Å²) < 4.78 is 10.5. The Bertz CT molecular complexity index is 778. The number of ether oxygens (including phenoxy) is 2. The summed E-state index contributed by atoms with van der Waals surface area (Å²) in [4.78, 5) is 27.5. The molecule has 2 aromatic carbocycles. The lowest BCUT2D eigenvalue weighted by Gasteiger charge is -1.98. The van der Waals surface area contributed by atoms with E-state index in [9.17, 15) is 9.59 Å². The van der Waals surface area contributed by atoms with E-state index in [1.54, 1.807) is 48.5 Å². The maximum Gasteiger partial charge on any atom is 0.520 e. The number of aliphatic imine (C=N–C) groups is 1. The smallest absolute Gasteiger partial charge is 0.465 e. The summed E-state index contributed by atoms with van der Waals surface area (Å²) in [5.74, 6) is -0.463. The third-order valence-electron chi connectivity index (χ3n) is 2.92. The van der Waals surface area contributed by atoms with E-state index in [1.165, 1.54) is 14.2 Å². The predicted molar refractivity (Wildman–Crippen MR) is 83.6 cm³/mol. The molecule has 0 aromatic heterocycles. The van der Waals surface area contributed by atoms with E-state index in [0.717, 1.165) is 4.58 Å². The van der Waals surface area contributed by atoms with E-state index >= 15 is 0 Å². The number of rotatable bonds is 3. The average molecular weight is 311 g/mol. The van der Waals surface area contributed by atoms with Crippen LogP contribution >= 0.6 is 0 Å². The van der Waals surface area contributed by atoms with Crippen molar-refractivity contribution in [1.82, 2.24) is 0 Å². The Labute approximate surface area is 133 Å². The molecule has 0 unspecified atom stereocenters. The van der Waals surface area contributed by atoms with E-state index in [4.69, 9.17) is 4.74 Å². The highest BCUT2D eigenvalue weighted by Gasteiger charge is 2.16. The lowest BCUT2D eigenvalue weighted by Crippen LogP contribution is -2.14. The molecule has 0 saturated heterocycles. The number of hydrogen-bond acceptors (Lipinski definition) is 5. The highest BCUT2D eigenvalue weighted by atomic mass is 16.5. The molecule has 0 heterocycles. The number of benzene rings is 2. The van der Waals surface area contributed by atoms with Gasteiger partial charge in [-0.2, -0.15) is 4.79 Å². The summed E-state index contributed by atoms with van der Waals surface area (Å²) in [6, 6.07) is 18.0. The fraction of sp³-hybridized carbons (Fsp3) is 0.118. The van der Waals surface area contributed by atoms with Crippen LogP contribution in [0.3, 0.4) is 0 Å². The molecule has 6 nitrogen and oxygen atoms in total. The lowest BCUT2D eigenvalue weighted by atomic mass is 10.2. The molecule has 0 N–H and O–H groups in total. The number of amides is 1. The molecule has 0 spiro atoms. The van der Waals surface area contributed by atoms with Crippen LogP contribution in [-0.4, -0.2) is 36.9 Å². The number of carbonyl (C=O) groups is 2. The Hall–Kier alpha value is -3.24. The fourth-order valence-electron chi connectivity index (χ4n) is 1.80. The molecule has 0 bridgehead atoms. The number of nitrogens with zero attached hydrogens (tertiary/aromatic N) is 2. The lowest BCUT2D eigenvalue weighted by molar-refractivity contribution is -0.348. The Morgan fingerprint density at radius 3 is 2.39 bits per heavy atom. The SMILES string of the molecule is COC(=O)c1cccc(N=C=[N+](C(=O)OC)c2ccccc2)c1. The van der Waals surface area contributed by atoms with Crippen LogP contribution in [-0.2, 0) is 9.47 Å². The minimum Gasteiger partial charge on any atom is -0.465 e. The molecule has 1 amide bonds. The Morgan fingerprint density at radius 1 is 1.00 bits per heavy atom. The van der Waals surface area contributed by atoms with Gasteiger partial charge in [0.2, 0.25) is 0 Å². The van der Waals surface area contributed by atoms with Crippen molar-refractivity contribution in [3.05, 3.63) is 60.2 Å². The first-order valence-corrected chi connectivity index (χ1v) is 6.73. The Morgan fingerprint density at radius 2 is 1.74 bits per heavy atom. The zero-order chi connectivity index (χ0) is 16.7. The zero-order valence-electron chi connectivity index (χ0n) is 12.7. The van der Waals surface area contributed by atoms with Crippen LogP contribution < -0.4 is 0 Å². The van der Waals surface area contributed by atoms with Gasteiger partial charge < -0.3 is 9.47 Å². The van der Waals surface area contributed by atoms with Gasteiger partial charge in [-0.25, -0.2) is 4.79 Å². The van der Waals surface area contributed by atoms with Crippen LogP contribution in [0.1, 0.15) is 10.4 Å². The quantitative estimate of drug-likeness (QED) is 0.495. The normalized spacial score (nSPS) is 9.48. The van der Waals surface area contributed by atoms with Gasteiger partial charge in [0.1, 0.15) is 5.69 Å². The number of hydrogen-bond donors (Lipinski definition) is 0. The summed E-state index contributed by atoms with van der Waals surface area (Å²) in [6.45, 7) is 0. The van der Waals surface area contributed by atoms with Crippen molar-refractivity contribution in [2.75, 3.05) is 14.2 Å². The van der Waals surface area contributed by atoms with Gasteiger partial charge in [0.15, 0.2) is 5.69 Å². The largest absolute Gasteiger partial charge is 0.520 e. The van der Waals surface area contributed by atoms with Gasteiger partial charge in [0, 0.05) is 11.1 Å². The van der Waals surface area contributed by atoms with Gasteiger partial charge in [0.25, 0.3) is 0 Å². The molecule has 23 heavy (non-hydrogen) atoms. The molecule has 2 aromatic rings. The number of para-hydroxylation sites is 1. The van der Waals surface area contributed by atoms with Crippen molar-refractivity contribution < 1.29 is 23.6 Å². The Kier molecular flexibility index (Phi) is 5.39. The molecule has 0 saturated carbocycles. The van der Waals surface area contributed by atoms with Gasteiger partial charge in [-0.1, -0.05) is 28.8 Å². The maximum absolute atomic E-state index is 11.9. The predicted octanol–water partition coefficient (Wildman–Crippen LogP) is 3.39. The second-order valence-corrected chi connectivity index (χ2v) is 4.39. The second kappa shape index (κ2) is 7.68. The van der Waals surface area contributed by atoms with Crippen LogP contribution in [0.2, 0.25) is 0 Å². The molecular formula is C17H15N2O4+. The van der Waals surface area contributed by atoms with Gasteiger partial charge in [-0.3, -0.25) is 0 Å². The van der Waals surface area contributed by atoms with Crippen LogP contribution in [0.15, 0.2) is 59.6 Å². The van der Waals surface area contributed by atoms with Crippen molar-refractivity contribution in [2.24, 2.45) is 4.99 Å². The third kappa shape index (κ3) is 4.12. The molecule has 0 atom stereocenters. The fourth-order valence-corrected chi connectivity index (χ4v) is 1.80. The molecule has 6 heteroatoms. The molecule has 0 aliphatic heterocycles. The highest BCUT2D eigenvalue weighted by Crippen LogP contribution is 2.15. The summed E-state index contributed by atoms with van der Waals surface area (Å²) in [7, 11) is 2.58. The molecule has 116 valence electrons. The minimum atomic E-state index is -0.621. The van der Waals surface area contributed by atoms with Gasteiger partial charge in [-0.05, 0) is 24.3 Å². The van der Waals surface area contributed by atoms with E-state index in [0.29, 0.717) is 16.9 Å². The number of methoxy groups -OCH3 is 2. The van der Waals surface area contributed by atoms with Gasteiger partial charge >= 0.3 is 18.1 Å². The van der Waals surface area contributed by atoms with Crippen molar-refractivity contribution in [3.63, 3.8) is 0 Å². The first kappa shape index (κ1) is 16.1. The second-order valence-electron chi connectivity index (χ2n) is 4.39.